The van der Waals surface area contributed by atoms with E-state index < -0.39 is 10.8 Å². The van der Waals surface area contributed by atoms with Crippen molar-refractivity contribution in [2.75, 3.05) is 118 Å². The summed E-state index contributed by atoms with van der Waals surface area (Å²) in [5, 5.41) is 4.78. The van der Waals surface area contributed by atoms with Gasteiger partial charge in [-0.15, -0.1) is 0 Å². The summed E-state index contributed by atoms with van der Waals surface area (Å²) in [6.07, 6.45) is 2.99. The number of aromatic nitrogens is 1. The second kappa shape index (κ2) is 33.4. The second-order valence-corrected chi connectivity index (χ2v) is 28.4. The molecule has 1 aromatic heterocycles. The van der Waals surface area contributed by atoms with Crippen molar-refractivity contribution >= 4 is 66.7 Å². The summed E-state index contributed by atoms with van der Waals surface area (Å²) in [6, 6.07) is 110. The summed E-state index contributed by atoms with van der Waals surface area (Å²) in [6.45, 7) is 6.30. The van der Waals surface area contributed by atoms with Gasteiger partial charge in [0.15, 0.2) is 0 Å². The molecule has 0 aliphatic heterocycles. The summed E-state index contributed by atoms with van der Waals surface area (Å²) in [7, 11) is 6.89. The molecule has 2 aliphatic carbocycles. The molecule has 13 aromatic carbocycles. The molecule has 2 aliphatic rings. The van der Waals surface area contributed by atoms with Crippen LogP contribution >= 0.6 is 0 Å². The van der Waals surface area contributed by atoms with Gasteiger partial charge in [-0.1, -0.05) is 200 Å². The molecule has 0 saturated carbocycles. The normalized spacial score (nSPS) is 13.1. The first kappa shape index (κ1) is 72.4. The van der Waals surface area contributed by atoms with E-state index in [0.717, 1.165) is 110 Å². The number of para-hydroxylation sites is 2. The Labute approximate surface area is 640 Å². The number of ether oxygens (including phenoxy) is 8. The Bertz CT molecular complexity index is 5280. The Morgan fingerprint density at radius 3 is 1.24 bits per heavy atom. The molecule has 0 spiro atoms. The van der Waals surface area contributed by atoms with Crippen molar-refractivity contribution in [2.24, 2.45) is 0 Å². The smallest absolute Gasteiger partial charge is 0.0700 e. The summed E-state index contributed by atoms with van der Waals surface area (Å²) >= 11 is 0. The minimum absolute atomic E-state index is 0.447. The lowest BCUT2D eigenvalue weighted by molar-refractivity contribution is 0.0490. The van der Waals surface area contributed by atoms with Gasteiger partial charge in [0.2, 0.25) is 0 Å². The van der Waals surface area contributed by atoms with E-state index in [1.165, 1.54) is 66.1 Å². The van der Waals surface area contributed by atoms with E-state index in [1.54, 1.807) is 28.4 Å². The topological polar surface area (TPSA) is 85.3 Å². The number of rotatable bonds is 34. The molecule has 0 N–H and O–H groups in total. The van der Waals surface area contributed by atoms with Gasteiger partial charge < -0.3 is 52.3 Å². The molecule has 1 heterocycles. The van der Waals surface area contributed by atoms with E-state index in [9.17, 15) is 0 Å². The number of benzene rings is 13. The van der Waals surface area contributed by atoms with Crippen molar-refractivity contribution in [3.63, 3.8) is 0 Å². The average Bonchev–Trinajstić information content (AvgIpc) is 1.57. The maximum Gasteiger partial charge on any atom is 0.0700 e. The first-order valence-electron chi connectivity index (χ1n) is 38.2. The van der Waals surface area contributed by atoms with Crippen LogP contribution in [0.5, 0.6) is 0 Å². The highest BCUT2D eigenvalue weighted by Gasteiger charge is 2.45. The Morgan fingerprint density at radius 2 is 0.679 bits per heavy atom. The molecule has 0 bridgehead atoms. The van der Waals surface area contributed by atoms with E-state index in [1.807, 2.05) is 0 Å². The fourth-order valence-corrected chi connectivity index (χ4v) is 17.1. The number of hydrogen-bond donors (Lipinski definition) is 0. The van der Waals surface area contributed by atoms with Gasteiger partial charge in [-0.3, -0.25) is 0 Å². The average molecular weight is 1440 g/mol. The van der Waals surface area contributed by atoms with Crippen LogP contribution in [0.2, 0.25) is 0 Å². The number of methoxy groups -OCH3 is 4. The molecule has 16 rings (SSSR count). The lowest BCUT2D eigenvalue weighted by Crippen LogP contribution is -2.30. The van der Waals surface area contributed by atoms with E-state index in [0.29, 0.717) is 79.3 Å². The molecule has 0 unspecified atom stereocenters. The van der Waals surface area contributed by atoms with Crippen molar-refractivity contribution in [1.82, 2.24) is 4.57 Å². The van der Waals surface area contributed by atoms with Crippen molar-refractivity contribution in [3.05, 3.63) is 320 Å². The van der Waals surface area contributed by atoms with Gasteiger partial charge in [0.05, 0.1) is 69.6 Å². The van der Waals surface area contributed by atoms with Crippen molar-refractivity contribution in [1.29, 1.82) is 0 Å². The Hall–Kier alpha value is -10.8. The standard InChI is InChI=1S/C98H93N3O8/c1-102-58-62-106-54-50-97(51-55-107-63-59-103-2)90-30-16-13-27-83(90)85-47-44-79(68-92(85)97)99(80-45-48-86-84-28-14-17-31-91(84)98(93(86)69-80,52-56-108-64-60-104-3)53-57-109-65-61-105-4)78-43-46-81(88(67-78)73-20-7-5-8-21-73)74-38-49-96-89(66-74)87-29-15-18-32-95(87)101(96)77-41-36-71(37-42-77)70-34-39-76(40-35-70)100(75-24-9-6-10-25-75)94-33-19-23-72-22-11-12-26-82(72)94/h5-49,66-69H,50-65H2,1-4H3. The lowest BCUT2D eigenvalue weighted by Gasteiger charge is -2.35. The Kier molecular flexibility index (Phi) is 22.2. The monoisotopic (exact) mass is 1440 g/mol. The molecule has 11 nitrogen and oxygen atoms in total. The van der Waals surface area contributed by atoms with Crippen LogP contribution in [0.4, 0.5) is 34.1 Å². The molecular formula is C98H93N3O8. The van der Waals surface area contributed by atoms with Gasteiger partial charge in [0, 0.05) is 116 Å². The third-order valence-corrected chi connectivity index (χ3v) is 22.4. The summed E-state index contributed by atoms with van der Waals surface area (Å²) in [5.41, 5.74) is 25.7. The minimum Gasteiger partial charge on any atom is -0.382 e. The van der Waals surface area contributed by atoms with Crippen molar-refractivity contribution in [2.45, 2.75) is 36.5 Å². The van der Waals surface area contributed by atoms with Crippen LogP contribution in [-0.4, -0.2) is 112 Å². The molecule has 0 amide bonds. The van der Waals surface area contributed by atoms with Gasteiger partial charge in [-0.2, -0.15) is 0 Å². The van der Waals surface area contributed by atoms with Crippen LogP contribution in [0.3, 0.4) is 0 Å². The predicted molar refractivity (Wildman–Crippen MR) is 446 cm³/mol. The minimum atomic E-state index is -0.447. The highest BCUT2D eigenvalue weighted by Crippen LogP contribution is 2.58. The van der Waals surface area contributed by atoms with Crippen LogP contribution in [0, 0.1) is 0 Å². The maximum absolute atomic E-state index is 6.43. The van der Waals surface area contributed by atoms with Crippen LogP contribution < -0.4 is 9.80 Å². The van der Waals surface area contributed by atoms with Crippen LogP contribution in [0.25, 0.3) is 93.9 Å². The molecule has 0 atom stereocenters. The molecule has 0 saturated heterocycles. The Balaban J connectivity index is 0.809. The van der Waals surface area contributed by atoms with Crippen molar-refractivity contribution in [3.8, 4) is 61.3 Å². The van der Waals surface area contributed by atoms with Crippen molar-refractivity contribution < 1.29 is 37.9 Å². The molecular weight excluding hydrogens is 1350 g/mol. The zero-order valence-electron chi connectivity index (χ0n) is 62.7. The summed E-state index contributed by atoms with van der Waals surface area (Å²) in [4.78, 5) is 4.85. The van der Waals surface area contributed by atoms with E-state index >= 15 is 0 Å². The van der Waals surface area contributed by atoms with Crippen LogP contribution in [0.15, 0.2) is 297 Å². The SMILES string of the molecule is COCCOCCC1(CCOCCOC)c2ccccc2-c2ccc(N(c3ccc(-c4ccc5c(c4)c4ccccc4n5-c4ccc(-c5ccc(N(c6ccccc6)c6cccc7ccccc67)cc5)cc4)c(-c4ccccc4)c3)c3ccc4c(c3)C(CCOCCOC)(CCOCCOC)c3ccccc3-4)cc21. The third kappa shape index (κ3) is 14.4. The summed E-state index contributed by atoms with van der Waals surface area (Å²) < 4.78 is 50.0. The second-order valence-electron chi connectivity index (χ2n) is 28.4. The van der Waals surface area contributed by atoms with Gasteiger partial charge in [-0.25, -0.2) is 0 Å². The zero-order valence-corrected chi connectivity index (χ0v) is 62.7. The highest BCUT2D eigenvalue weighted by atomic mass is 16.5. The number of nitrogens with zero attached hydrogens (tertiary/aromatic N) is 3. The lowest BCUT2D eigenvalue weighted by atomic mass is 9.73. The maximum atomic E-state index is 6.43. The predicted octanol–water partition coefficient (Wildman–Crippen LogP) is 22.6. The first-order chi connectivity index (χ1) is 53.9. The van der Waals surface area contributed by atoms with E-state index in [4.69, 9.17) is 37.9 Å². The highest BCUT2D eigenvalue weighted by molar-refractivity contribution is 6.11. The first-order valence-corrected chi connectivity index (χ1v) is 38.2. The van der Waals surface area contributed by atoms with Gasteiger partial charge in [0.25, 0.3) is 0 Å². The molecule has 11 heteroatoms. The molecule has 14 aromatic rings. The quantitative estimate of drug-likeness (QED) is 0.0364. The fourth-order valence-electron chi connectivity index (χ4n) is 17.1. The largest absolute Gasteiger partial charge is 0.382 e. The van der Waals surface area contributed by atoms with E-state index in [-0.39, 0.29) is 0 Å². The van der Waals surface area contributed by atoms with Crippen LogP contribution in [-0.2, 0) is 48.7 Å². The van der Waals surface area contributed by atoms with Gasteiger partial charge >= 0.3 is 0 Å². The fraction of sp³-hybridized carbons (Fsp3) is 0.224. The van der Waals surface area contributed by atoms with Gasteiger partial charge in [0.1, 0.15) is 0 Å². The molecule has 0 radical (unpaired) electrons. The third-order valence-electron chi connectivity index (χ3n) is 22.4. The van der Waals surface area contributed by atoms with Crippen LogP contribution in [0.1, 0.15) is 47.9 Å². The molecule has 548 valence electrons. The van der Waals surface area contributed by atoms with E-state index in [2.05, 4.69) is 312 Å². The number of fused-ring (bicyclic) bond motifs is 10. The summed E-state index contributed by atoms with van der Waals surface area (Å²) in [5.74, 6) is 0. The van der Waals surface area contributed by atoms with Gasteiger partial charge in [-0.05, 0) is 206 Å². The number of hydrogen-bond acceptors (Lipinski definition) is 10. The molecule has 0 fully saturated rings. The molecule has 109 heavy (non-hydrogen) atoms. The zero-order chi connectivity index (χ0) is 73.9. The Morgan fingerprint density at radius 1 is 0.257 bits per heavy atom. The number of anilines is 6.